The quantitative estimate of drug-likeness (QED) is 0.371. The molecule has 3 amide bonds. The minimum absolute atomic E-state index is 0.0242. The molecule has 0 aliphatic heterocycles. The van der Waals surface area contributed by atoms with Crippen molar-refractivity contribution in [1.29, 1.82) is 0 Å². The zero-order chi connectivity index (χ0) is 23.8. The molecule has 1 heterocycles. The number of benzene rings is 1. The monoisotopic (exact) mass is 494 g/mol. The molecule has 0 spiro atoms. The molecule has 2 N–H and O–H groups in total. The van der Waals surface area contributed by atoms with Crippen LogP contribution in [-0.2, 0) is 14.3 Å². The van der Waals surface area contributed by atoms with E-state index >= 15 is 0 Å². The van der Waals surface area contributed by atoms with Crippen molar-refractivity contribution in [2.45, 2.75) is 43.7 Å². The number of esters is 1. The summed E-state index contributed by atoms with van der Waals surface area (Å²) in [6.07, 6.45) is 5.88. The second-order valence-corrected chi connectivity index (χ2v) is 9.92. The number of urea groups is 1. The molecule has 0 bridgehead atoms. The van der Waals surface area contributed by atoms with Gasteiger partial charge in [-0.2, -0.15) is 0 Å². The van der Waals surface area contributed by atoms with E-state index in [1.54, 1.807) is 18.0 Å². The number of nitrogens with zero attached hydrogens (tertiary/aromatic N) is 2. The van der Waals surface area contributed by atoms with Gasteiger partial charge in [-0.05, 0) is 43.9 Å². The Morgan fingerprint density at radius 3 is 2.73 bits per heavy atom. The van der Waals surface area contributed by atoms with Crippen molar-refractivity contribution in [3.63, 3.8) is 0 Å². The molecule has 1 aliphatic carbocycles. The SMILES string of the molecule is CCOC(=O)CSc1cnc(NC(=O)N(CC2CCCC2)c2ccc(F)c(NC(C)=O)c2)s1. The Bertz CT molecular complexity index is 995. The topological polar surface area (TPSA) is 101 Å². The van der Waals surface area contributed by atoms with Gasteiger partial charge < -0.3 is 10.1 Å². The van der Waals surface area contributed by atoms with Crippen molar-refractivity contribution in [2.24, 2.45) is 5.92 Å². The van der Waals surface area contributed by atoms with Gasteiger partial charge in [-0.25, -0.2) is 14.2 Å². The van der Waals surface area contributed by atoms with Gasteiger partial charge in [-0.1, -0.05) is 24.2 Å². The molecule has 1 aromatic heterocycles. The number of thioether (sulfide) groups is 1. The highest BCUT2D eigenvalue weighted by Gasteiger charge is 2.25. The largest absolute Gasteiger partial charge is 0.465 e. The zero-order valence-corrected chi connectivity index (χ0v) is 20.2. The van der Waals surface area contributed by atoms with Crippen molar-refractivity contribution in [3.05, 3.63) is 30.2 Å². The molecular weight excluding hydrogens is 467 g/mol. The third-order valence-corrected chi connectivity index (χ3v) is 7.15. The standard InChI is InChI=1S/C22H27FN4O4S2/c1-3-31-19(29)13-32-20-11-24-21(33-20)26-22(30)27(12-15-6-4-5-7-15)16-8-9-17(23)18(10-16)25-14(2)28/h8-11,15H,3-7,12-13H2,1-2H3,(H,25,28)(H,24,26,30). The van der Waals surface area contributed by atoms with E-state index in [-0.39, 0.29) is 17.4 Å². The van der Waals surface area contributed by atoms with E-state index in [4.69, 9.17) is 4.74 Å². The molecule has 0 radical (unpaired) electrons. The highest BCUT2D eigenvalue weighted by atomic mass is 32.2. The number of aromatic nitrogens is 1. The molecule has 1 saturated carbocycles. The van der Waals surface area contributed by atoms with Gasteiger partial charge in [0, 0.05) is 19.2 Å². The molecule has 0 saturated heterocycles. The second-order valence-electron chi connectivity index (χ2n) is 7.61. The minimum atomic E-state index is -0.571. The number of rotatable bonds is 9. The molecule has 0 unspecified atom stereocenters. The van der Waals surface area contributed by atoms with Gasteiger partial charge in [0.15, 0.2) is 5.13 Å². The van der Waals surface area contributed by atoms with Gasteiger partial charge in [0.05, 0.1) is 28.5 Å². The molecule has 2 aromatic rings. The molecular formula is C22H27FN4O4S2. The number of anilines is 3. The summed E-state index contributed by atoms with van der Waals surface area (Å²) in [4.78, 5) is 42.0. The van der Waals surface area contributed by atoms with Crippen LogP contribution >= 0.6 is 23.1 Å². The molecule has 3 rings (SSSR count). The highest BCUT2D eigenvalue weighted by Crippen LogP contribution is 2.31. The third kappa shape index (κ3) is 7.43. The maximum atomic E-state index is 14.1. The predicted octanol–water partition coefficient (Wildman–Crippen LogP) is 5.12. The number of ether oxygens (including phenoxy) is 1. The van der Waals surface area contributed by atoms with Crippen molar-refractivity contribution in [1.82, 2.24) is 4.98 Å². The lowest BCUT2D eigenvalue weighted by molar-refractivity contribution is -0.139. The van der Waals surface area contributed by atoms with E-state index in [2.05, 4.69) is 15.6 Å². The van der Waals surface area contributed by atoms with Crippen LogP contribution in [0.15, 0.2) is 28.6 Å². The molecule has 0 atom stereocenters. The summed E-state index contributed by atoms with van der Waals surface area (Å²) in [5, 5.41) is 5.66. The predicted molar refractivity (Wildman–Crippen MR) is 128 cm³/mol. The number of carbonyl (C=O) groups is 3. The number of thiazole rings is 1. The number of nitrogens with one attached hydrogen (secondary N) is 2. The van der Waals surface area contributed by atoms with E-state index in [9.17, 15) is 18.8 Å². The summed E-state index contributed by atoms with van der Waals surface area (Å²) >= 11 is 2.55. The van der Waals surface area contributed by atoms with Crippen LogP contribution in [0.1, 0.15) is 39.5 Å². The number of halogens is 1. The van der Waals surface area contributed by atoms with Gasteiger partial charge in [0.25, 0.3) is 0 Å². The lowest BCUT2D eigenvalue weighted by Crippen LogP contribution is -2.38. The first-order valence-corrected chi connectivity index (χ1v) is 12.6. The molecule has 178 valence electrons. The van der Waals surface area contributed by atoms with E-state index in [1.165, 1.54) is 48.2 Å². The van der Waals surface area contributed by atoms with Gasteiger partial charge in [-0.3, -0.25) is 19.8 Å². The van der Waals surface area contributed by atoms with Crippen molar-refractivity contribution in [3.8, 4) is 0 Å². The van der Waals surface area contributed by atoms with Crippen LogP contribution in [0.25, 0.3) is 0 Å². The van der Waals surface area contributed by atoms with Crippen molar-refractivity contribution >= 4 is 57.5 Å². The highest BCUT2D eigenvalue weighted by molar-refractivity contribution is 8.01. The fourth-order valence-electron chi connectivity index (χ4n) is 3.60. The summed E-state index contributed by atoms with van der Waals surface area (Å²) < 4.78 is 19.8. The van der Waals surface area contributed by atoms with Crippen LogP contribution < -0.4 is 15.5 Å². The summed E-state index contributed by atoms with van der Waals surface area (Å²) in [5.41, 5.74) is 0.508. The summed E-state index contributed by atoms with van der Waals surface area (Å²) in [6, 6.07) is 3.84. The van der Waals surface area contributed by atoms with Crippen LogP contribution in [0.4, 0.5) is 25.7 Å². The summed E-state index contributed by atoms with van der Waals surface area (Å²) in [7, 11) is 0. The second kappa shape index (κ2) is 12.0. The molecule has 1 fully saturated rings. The van der Waals surface area contributed by atoms with Gasteiger partial charge in [0.2, 0.25) is 5.91 Å². The Morgan fingerprint density at radius 1 is 1.27 bits per heavy atom. The molecule has 11 heteroatoms. The molecule has 8 nitrogen and oxygen atoms in total. The fraction of sp³-hybridized carbons (Fsp3) is 0.455. The first kappa shape index (κ1) is 25.0. The lowest BCUT2D eigenvalue weighted by Gasteiger charge is -2.26. The van der Waals surface area contributed by atoms with E-state index < -0.39 is 17.8 Å². The van der Waals surface area contributed by atoms with Crippen molar-refractivity contribution < 1.29 is 23.5 Å². The number of hydrogen-bond acceptors (Lipinski definition) is 7. The van der Waals surface area contributed by atoms with E-state index in [0.29, 0.717) is 29.9 Å². The number of hydrogen-bond donors (Lipinski definition) is 2. The summed E-state index contributed by atoms with van der Waals surface area (Å²) in [6.45, 7) is 3.86. The zero-order valence-electron chi connectivity index (χ0n) is 18.6. The molecule has 1 aromatic carbocycles. The normalized spacial score (nSPS) is 13.5. The van der Waals surface area contributed by atoms with Crippen LogP contribution in [0.3, 0.4) is 0 Å². The van der Waals surface area contributed by atoms with E-state index in [0.717, 1.165) is 29.9 Å². The van der Waals surface area contributed by atoms with Crippen LogP contribution in [0.2, 0.25) is 0 Å². The molecule has 1 aliphatic rings. The van der Waals surface area contributed by atoms with Gasteiger partial charge in [0.1, 0.15) is 5.82 Å². The Hall–Kier alpha value is -2.66. The Morgan fingerprint density at radius 2 is 2.03 bits per heavy atom. The van der Waals surface area contributed by atoms with Gasteiger partial charge in [-0.15, -0.1) is 11.8 Å². The Balaban J connectivity index is 1.74. The number of amides is 3. The number of carbonyl (C=O) groups excluding carboxylic acids is 3. The van der Waals surface area contributed by atoms with Crippen LogP contribution in [0, 0.1) is 11.7 Å². The maximum Gasteiger partial charge on any atom is 0.328 e. The smallest absolute Gasteiger partial charge is 0.328 e. The van der Waals surface area contributed by atoms with Crippen LogP contribution in [-0.4, -0.2) is 41.8 Å². The van der Waals surface area contributed by atoms with Gasteiger partial charge >= 0.3 is 12.0 Å². The fourth-order valence-corrected chi connectivity index (χ4v) is 5.26. The minimum Gasteiger partial charge on any atom is -0.465 e. The maximum absolute atomic E-state index is 14.1. The Kier molecular flexibility index (Phi) is 9.07. The van der Waals surface area contributed by atoms with Crippen LogP contribution in [0.5, 0.6) is 0 Å². The van der Waals surface area contributed by atoms with E-state index in [1.807, 2.05) is 0 Å². The third-order valence-electron chi connectivity index (χ3n) is 5.07. The Labute approximate surface area is 200 Å². The first-order chi connectivity index (χ1) is 15.9. The molecule has 33 heavy (non-hydrogen) atoms. The average Bonchev–Trinajstić information content (AvgIpc) is 3.44. The average molecular weight is 495 g/mol. The first-order valence-electron chi connectivity index (χ1n) is 10.8. The summed E-state index contributed by atoms with van der Waals surface area (Å²) in [5.74, 6) is -0.766. The van der Waals surface area contributed by atoms with Crippen molar-refractivity contribution in [2.75, 3.05) is 34.4 Å². The lowest BCUT2D eigenvalue weighted by atomic mass is 10.1.